The van der Waals surface area contributed by atoms with Gasteiger partial charge in [0, 0.05) is 23.4 Å². The van der Waals surface area contributed by atoms with Crippen molar-refractivity contribution in [2.24, 2.45) is 0 Å². The van der Waals surface area contributed by atoms with Gasteiger partial charge in [-0.05, 0) is 18.2 Å². The van der Waals surface area contributed by atoms with Crippen LogP contribution < -0.4 is 10.1 Å². The van der Waals surface area contributed by atoms with Gasteiger partial charge < -0.3 is 5.11 Å². The third-order valence-electron chi connectivity index (χ3n) is 4.38. The monoisotopic (exact) mass is 400 g/mol. The van der Waals surface area contributed by atoms with Crippen molar-refractivity contribution in [3.8, 4) is 17.0 Å². The Balaban J connectivity index is 2.03. The zero-order valence-electron chi connectivity index (χ0n) is 14.3. The van der Waals surface area contributed by atoms with E-state index in [4.69, 9.17) is 11.6 Å². The zero-order chi connectivity index (χ0) is 19.8. The second kappa shape index (κ2) is 7.01. The van der Waals surface area contributed by atoms with Crippen molar-refractivity contribution >= 4 is 17.2 Å². The fraction of sp³-hybridized carbons (Fsp3) is 0.0500. The van der Waals surface area contributed by atoms with Crippen molar-refractivity contribution in [3.05, 3.63) is 93.6 Å². The first-order chi connectivity index (χ1) is 13.5. The average Bonchev–Trinajstić information content (AvgIpc) is 2.70. The van der Waals surface area contributed by atoms with Crippen molar-refractivity contribution in [2.45, 2.75) is 6.54 Å². The van der Waals surface area contributed by atoms with Gasteiger partial charge in [0.2, 0.25) is 0 Å². The predicted octanol–water partition coefficient (Wildman–Crippen LogP) is 3.33. The molecule has 0 atom stereocenters. The smallest absolute Gasteiger partial charge is 0.354 e. The lowest BCUT2D eigenvalue weighted by atomic mass is 10.1. The number of hydrogen-bond donors (Lipinski definition) is 1. The van der Waals surface area contributed by atoms with Crippen LogP contribution in [0.3, 0.4) is 0 Å². The van der Waals surface area contributed by atoms with Crippen LogP contribution in [0, 0.1) is 11.6 Å². The van der Waals surface area contributed by atoms with Gasteiger partial charge in [-0.25, -0.2) is 18.6 Å². The molecule has 1 N–H and O–H groups in total. The van der Waals surface area contributed by atoms with Gasteiger partial charge in [-0.15, -0.1) is 0 Å². The average molecular weight is 401 g/mol. The molecule has 4 aromatic rings. The molecule has 0 radical (unpaired) electrons. The molecule has 3 aromatic heterocycles. The molecular formula is C20H13ClF2N3O2+. The number of nitrogens with zero attached hydrogens (tertiary/aromatic N) is 3. The molecule has 5 nitrogen and oxygen atoms in total. The Labute approximate surface area is 162 Å². The molecule has 0 aliphatic rings. The highest BCUT2D eigenvalue weighted by molar-refractivity contribution is 6.29. The van der Waals surface area contributed by atoms with Crippen molar-refractivity contribution < 1.29 is 18.5 Å². The lowest BCUT2D eigenvalue weighted by Crippen LogP contribution is -2.41. The normalized spacial score (nSPS) is 11.1. The fourth-order valence-electron chi connectivity index (χ4n) is 3.06. The highest BCUT2D eigenvalue weighted by Gasteiger charge is 2.27. The molecule has 0 amide bonds. The molecule has 4 rings (SSSR count). The van der Waals surface area contributed by atoms with Crippen LogP contribution in [0.5, 0.6) is 5.88 Å². The lowest BCUT2D eigenvalue weighted by Gasteiger charge is -2.10. The molecule has 1 aromatic carbocycles. The van der Waals surface area contributed by atoms with Crippen molar-refractivity contribution in [1.82, 2.24) is 9.38 Å². The summed E-state index contributed by atoms with van der Waals surface area (Å²) in [6.45, 7) is 0.133. The van der Waals surface area contributed by atoms with Gasteiger partial charge in [0.25, 0.3) is 11.5 Å². The van der Waals surface area contributed by atoms with Gasteiger partial charge in [-0.2, -0.15) is 8.97 Å². The number of halogens is 3. The van der Waals surface area contributed by atoms with Crippen LogP contribution in [0.4, 0.5) is 8.78 Å². The Morgan fingerprint density at radius 1 is 1.11 bits per heavy atom. The lowest BCUT2D eigenvalue weighted by molar-refractivity contribution is -0.671. The third kappa shape index (κ3) is 2.99. The van der Waals surface area contributed by atoms with Crippen molar-refractivity contribution in [3.63, 3.8) is 0 Å². The molecule has 140 valence electrons. The van der Waals surface area contributed by atoms with E-state index in [1.165, 1.54) is 33.5 Å². The second-order valence-corrected chi connectivity index (χ2v) is 6.50. The minimum Gasteiger partial charge on any atom is -0.477 e. The van der Waals surface area contributed by atoms with Crippen molar-refractivity contribution in [1.29, 1.82) is 0 Å². The number of benzene rings is 1. The van der Waals surface area contributed by atoms with Gasteiger partial charge in [0.1, 0.15) is 11.7 Å². The summed E-state index contributed by atoms with van der Waals surface area (Å²) in [4.78, 5) is 16.9. The third-order valence-corrected chi connectivity index (χ3v) is 4.60. The van der Waals surface area contributed by atoms with E-state index in [2.05, 4.69) is 4.98 Å². The number of rotatable bonds is 3. The second-order valence-electron chi connectivity index (χ2n) is 6.11. The minimum absolute atomic E-state index is 0.133. The standard InChI is InChI=1S/C20H12ClF2N3O2/c21-15-8-7-12(10-24-15)11-26-16-6-1-2-9-25(16)19(27)17(20(26)28)13-4-3-5-14(22)18(13)23/h1-10H,11H2/p+1. The minimum atomic E-state index is -1.20. The fourth-order valence-corrected chi connectivity index (χ4v) is 3.17. The van der Waals surface area contributed by atoms with Crippen LogP contribution in [-0.2, 0) is 6.54 Å². The van der Waals surface area contributed by atoms with E-state index in [1.807, 2.05) is 0 Å². The molecule has 0 bridgehead atoms. The van der Waals surface area contributed by atoms with E-state index < -0.39 is 23.1 Å². The van der Waals surface area contributed by atoms with E-state index in [0.29, 0.717) is 16.4 Å². The Morgan fingerprint density at radius 3 is 2.68 bits per heavy atom. The largest absolute Gasteiger partial charge is 0.477 e. The first kappa shape index (κ1) is 18.1. The molecule has 0 aliphatic heterocycles. The summed E-state index contributed by atoms with van der Waals surface area (Å²) < 4.78 is 30.8. The Bertz CT molecular complexity index is 1260. The summed E-state index contributed by atoms with van der Waals surface area (Å²) in [6.07, 6.45) is 3.02. The summed E-state index contributed by atoms with van der Waals surface area (Å²) in [5.41, 5.74) is -0.241. The predicted molar refractivity (Wildman–Crippen MR) is 99.2 cm³/mol. The summed E-state index contributed by atoms with van der Waals surface area (Å²) in [7, 11) is 0. The Morgan fingerprint density at radius 2 is 1.93 bits per heavy atom. The molecular weight excluding hydrogens is 388 g/mol. The highest BCUT2D eigenvalue weighted by Crippen LogP contribution is 2.27. The molecule has 0 saturated heterocycles. The number of hydrogen-bond acceptors (Lipinski definition) is 3. The number of fused-ring (bicyclic) bond motifs is 1. The van der Waals surface area contributed by atoms with Crippen LogP contribution in [-0.4, -0.2) is 14.5 Å². The number of aromatic nitrogens is 3. The summed E-state index contributed by atoms with van der Waals surface area (Å²) in [5, 5.41) is 11.2. The molecule has 0 aliphatic carbocycles. The van der Waals surface area contributed by atoms with Crippen LogP contribution in [0.2, 0.25) is 5.15 Å². The molecule has 0 unspecified atom stereocenters. The van der Waals surface area contributed by atoms with E-state index in [-0.39, 0.29) is 17.7 Å². The van der Waals surface area contributed by atoms with Gasteiger partial charge in [-0.1, -0.05) is 35.9 Å². The highest BCUT2D eigenvalue weighted by atomic mass is 35.5. The summed E-state index contributed by atoms with van der Waals surface area (Å²) >= 11 is 5.81. The maximum Gasteiger partial charge on any atom is 0.354 e. The van der Waals surface area contributed by atoms with E-state index in [9.17, 15) is 18.7 Å². The molecule has 28 heavy (non-hydrogen) atoms. The van der Waals surface area contributed by atoms with Gasteiger partial charge in [0.15, 0.2) is 17.2 Å². The number of aromatic hydroxyl groups is 1. The molecule has 0 fully saturated rings. The van der Waals surface area contributed by atoms with E-state index in [1.54, 1.807) is 30.3 Å². The summed E-state index contributed by atoms with van der Waals surface area (Å²) in [5.74, 6) is -2.79. The molecule has 0 saturated carbocycles. The van der Waals surface area contributed by atoms with Crippen LogP contribution in [0.1, 0.15) is 5.56 Å². The van der Waals surface area contributed by atoms with Gasteiger partial charge in [0.05, 0.1) is 6.20 Å². The SMILES string of the molecule is O=c1c(-c2cccc(F)c2F)c(O)[n+](Cc2ccc(Cl)nc2)c2ccccn12. The maximum absolute atomic E-state index is 14.4. The van der Waals surface area contributed by atoms with Crippen LogP contribution >= 0.6 is 11.6 Å². The van der Waals surface area contributed by atoms with E-state index >= 15 is 0 Å². The zero-order valence-corrected chi connectivity index (χ0v) is 15.1. The first-order valence-corrected chi connectivity index (χ1v) is 8.66. The first-order valence-electron chi connectivity index (χ1n) is 8.28. The van der Waals surface area contributed by atoms with Gasteiger partial charge in [-0.3, -0.25) is 0 Å². The van der Waals surface area contributed by atoms with Crippen molar-refractivity contribution in [2.75, 3.05) is 0 Å². The molecule has 0 spiro atoms. The Hall–Kier alpha value is -3.32. The molecule has 8 heteroatoms. The summed E-state index contributed by atoms with van der Waals surface area (Å²) in [6, 6.07) is 11.8. The Kier molecular flexibility index (Phi) is 4.52. The topological polar surface area (TPSA) is 58.5 Å². The van der Waals surface area contributed by atoms with Gasteiger partial charge >= 0.3 is 5.56 Å². The van der Waals surface area contributed by atoms with Crippen LogP contribution in [0.15, 0.2) is 65.7 Å². The van der Waals surface area contributed by atoms with E-state index in [0.717, 1.165) is 6.07 Å². The quantitative estimate of drug-likeness (QED) is 0.424. The maximum atomic E-state index is 14.4. The number of pyridine rings is 2. The van der Waals surface area contributed by atoms with Crippen LogP contribution in [0.25, 0.3) is 16.8 Å². The molecule has 3 heterocycles.